The van der Waals surface area contributed by atoms with Gasteiger partial charge in [-0.3, -0.25) is 10.1 Å². The normalized spacial score (nSPS) is 14.0. The van der Waals surface area contributed by atoms with E-state index in [9.17, 15) is 10.1 Å². The van der Waals surface area contributed by atoms with E-state index in [-0.39, 0.29) is 10.6 Å². The number of nitro benzene ring substituents is 1. The van der Waals surface area contributed by atoms with Crippen LogP contribution in [0.2, 0.25) is 0 Å². The third kappa shape index (κ3) is 3.67. The minimum Gasteiger partial charge on any atom is -0.384 e. The van der Waals surface area contributed by atoms with Crippen molar-refractivity contribution < 1.29 is 4.92 Å². The van der Waals surface area contributed by atoms with Crippen LogP contribution in [0.25, 0.3) is 0 Å². The molecule has 2 heterocycles. The van der Waals surface area contributed by atoms with E-state index in [1.807, 2.05) is 6.07 Å². The van der Waals surface area contributed by atoms with E-state index in [4.69, 9.17) is 0 Å². The Hall–Kier alpha value is -1.60. The van der Waals surface area contributed by atoms with E-state index in [0.717, 1.165) is 37.2 Å². The smallest absolute Gasteiger partial charge is 0.285 e. The molecule has 0 saturated heterocycles. The van der Waals surface area contributed by atoms with Crippen LogP contribution in [0.15, 0.2) is 39.3 Å². The lowest BCUT2D eigenvalue weighted by Gasteiger charge is -2.00. The van der Waals surface area contributed by atoms with Crippen molar-refractivity contribution in [2.75, 3.05) is 23.7 Å². The molecule has 4 rings (SSSR count). The highest BCUT2D eigenvalue weighted by Gasteiger charge is 2.18. The summed E-state index contributed by atoms with van der Waals surface area (Å²) >= 11 is 6.62. The minimum absolute atomic E-state index is 0.119. The van der Waals surface area contributed by atoms with Crippen molar-refractivity contribution in [2.24, 2.45) is 0 Å². The molecule has 0 aromatic heterocycles. The number of rotatable bonds is 1. The van der Waals surface area contributed by atoms with Gasteiger partial charge >= 0.3 is 0 Å². The molecule has 0 bridgehead atoms. The van der Waals surface area contributed by atoms with Crippen molar-refractivity contribution in [3.8, 4) is 0 Å². The van der Waals surface area contributed by atoms with Gasteiger partial charge in [-0.05, 0) is 64.2 Å². The molecular weight excluding hydrogens is 426 g/mol. The van der Waals surface area contributed by atoms with E-state index in [2.05, 4.69) is 60.7 Å². The Morgan fingerprint density at radius 1 is 0.957 bits per heavy atom. The molecular formula is C16H15Br2N3O2. The summed E-state index contributed by atoms with van der Waals surface area (Å²) in [5.74, 6) is 0. The highest BCUT2D eigenvalue weighted by Crippen LogP contribution is 2.33. The Bertz CT molecular complexity index is 765. The summed E-state index contributed by atoms with van der Waals surface area (Å²) in [5, 5.41) is 17.0. The van der Waals surface area contributed by atoms with Gasteiger partial charge in [-0.25, -0.2) is 0 Å². The number of nitrogens with zero attached hydrogens (tertiary/aromatic N) is 1. The van der Waals surface area contributed by atoms with E-state index in [1.165, 1.54) is 15.7 Å². The van der Waals surface area contributed by atoms with Crippen LogP contribution in [0, 0.1) is 10.1 Å². The largest absolute Gasteiger partial charge is 0.384 e. The van der Waals surface area contributed by atoms with Crippen LogP contribution in [0.3, 0.4) is 0 Å². The number of fused-ring (bicyclic) bond motifs is 2. The van der Waals surface area contributed by atoms with Gasteiger partial charge in [-0.2, -0.15) is 0 Å². The average Bonchev–Trinajstić information content (AvgIpc) is 3.14. The summed E-state index contributed by atoms with van der Waals surface area (Å²) in [7, 11) is 0. The first-order chi connectivity index (χ1) is 11.0. The van der Waals surface area contributed by atoms with Crippen molar-refractivity contribution in [1.29, 1.82) is 0 Å². The van der Waals surface area contributed by atoms with Crippen LogP contribution in [0.1, 0.15) is 11.1 Å². The summed E-state index contributed by atoms with van der Waals surface area (Å²) in [4.78, 5) is 10.2. The van der Waals surface area contributed by atoms with Gasteiger partial charge in [0.05, 0.1) is 9.40 Å². The fraction of sp³-hybridized carbons (Fsp3) is 0.250. The average molecular weight is 441 g/mol. The molecule has 5 nitrogen and oxygen atoms in total. The molecule has 7 heteroatoms. The summed E-state index contributed by atoms with van der Waals surface area (Å²) in [6.07, 6.45) is 2.10. The highest BCUT2D eigenvalue weighted by atomic mass is 79.9. The molecule has 23 heavy (non-hydrogen) atoms. The van der Waals surface area contributed by atoms with Crippen LogP contribution in [0.4, 0.5) is 17.1 Å². The molecule has 0 amide bonds. The second-order valence-electron chi connectivity index (χ2n) is 5.37. The standard InChI is InChI=1S/C8H7BrN2O2.C8H8BrN/c9-6-3-5-1-2-10-7(5)4-8(6)11(12)13;9-7-1-2-8-6(5-7)3-4-10-8/h3-4,10H,1-2H2;1-2,5,10H,3-4H2. The van der Waals surface area contributed by atoms with Crippen LogP contribution in [0.5, 0.6) is 0 Å². The second-order valence-corrected chi connectivity index (χ2v) is 7.14. The number of hydrogen-bond donors (Lipinski definition) is 2. The van der Waals surface area contributed by atoms with Crippen LogP contribution >= 0.6 is 31.9 Å². The molecule has 2 aliphatic rings. The summed E-state index contributed by atoms with van der Waals surface area (Å²) < 4.78 is 1.73. The molecule has 0 aliphatic carbocycles. The van der Waals surface area contributed by atoms with Crippen molar-refractivity contribution in [2.45, 2.75) is 12.8 Å². The molecule has 2 aromatic rings. The maximum absolute atomic E-state index is 10.6. The van der Waals surface area contributed by atoms with Crippen LogP contribution in [-0.2, 0) is 12.8 Å². The lowest BCUT2D eigenvalue weighted by Crippen LogP contribution is -1.93. The zero-order valence-corrected chi connectivity index (χ0v) is 15.4. The summed E-state index contributed by atoms with van der Waals surface area (Å²) in [6, 6.07) is 9.75. The molecule has 0 fully saturated rings. The fourth-order valence-corrected chi connectivity index (χ4v) is 3.66. The lowest BCUT2D eigenvalue weighted by atomic mass is 10.1. The molecule has 0 radical (unpaired) electrons. The lowest BCUT2D eigenvalue weighted by molar-refractivity contribution is -0.385. The zero-order chi connectivity index (χ0) is 16.4. The zero-order valence-electron chi connectivity index (χ0n) is 12.2. The monoisotopic (exact) mass is 439 g/mol. The molecule has 0 spiro atoms. The Morgan fingerprint density at radius 2 is 1.61 bits per heavy atom. The van der Waals surface area contributed by atoms with Crippen LogP contribution in [-0.4, -0.2) is 18.0 Å². The predicted molar refractivity (Wildman–Crippen MR) is 99.3 cm³/mol. The summed E-state index contributed by atoms with van der Waals surface area (Å²) in [6.45, 7) is 1.95. The van der Waals surface area contributed by atoms with Crippen molar-refractivity contribution in [1.82, 2.24) is 0 Å². The topological polar surface area (TPSA) is 67.2 Å². The van der Waals surface area contributed by atoms with Gasteiger partial charge < -0.3 is 10.6 Å². The first-order valence-corrected chi connectivity index (χ1v) is 8.86. The first-order valence-electron chi connectivity index (χ1n) is 7.27. The SMILES string of the molecule is Brc1ccc2c(c1)CCN2.O=[N+]([O-])c1cc2c(cc1Br)CCN2. The molecule has 2 N–H and O–H groups in total. The molecule has 0 saturated carbocycles. The molecule has 2 aromatic carbocycles. The Kier molecular flexibility index (Phi) is 4.87. The molecule has 2 aliphatic heterocycles. The Morgan fingerprint density at radius 3 is 2.30 bits per heavy atom. The third-order valence-electron chi connectivity index (χ3n) is 3.86. The maximum Gasteiger partial charge on any atom is 0.285 e. The van der Waals surface area contributed by atoms with Gasteiger partial charge in [-0.15, -0.1) is 0 Å². The van der Waals surface area contributed by atoms with E-state index < -0.39 is 0 Å². The van der Waals surface area contributed by atoms with Crippen molar-refractivity contribution in [3.63, 3.8) is 0 Å². The van der Waals surface area contributed by atoms with Crippen molar-refractivity contribution in [3.05, 3.63) is 60.5 Å². The predicted octanol–water partition coefficient (Wildman–Crippen LogP) is 4.74. The van der Waals surface area contributed by atoms with E-state index >= 15 is 0 Å². The summed E-state index contributed by atoms with van der Waals surface area (Å²) in [5.41, 5.74) is 4.86. The first kappa shape index (κ1) is 16.3. The highest BCUT2D eigenvalue weighted by molar-refractivity contribution is 9.10. The van der Waals surface area contributed by atoms with Gasteiger partial charge in [0.2, 0.25) is 0 Å². The van der Waals surface area contributed by atoms with E-state index in [0.29, 0.717) is 4.47 Å². The maximum atomic E-state index is 10.6. The van der Waals surface area contributed by atoms with Gasteiger partial charge in [0.1, 0.15) is 0 Å². The number of nitrogens with one attached hydrogen (secondary N) is 2. The number of hydrogen-bond acceptors (Lipinski definition) is 4. The number of benzene rings is 2. The number of halogens is 2. The van der Waals surface area contributed by atoms with Crippen molar-refractivity contribution >= 4 is 48.9 Å². The van der Waals surface area contributed by atoms with Gasteiger partial charge in [-0.1, -0.05) is 15.9 Å². The second kappa shape index (κ2) is 6.88. The molecule has 0 unspecified atom stereocenters. The minimum atomic E-state index is -0.385. The van der Waals surface area contributed by atoms with Gasteiger partial charge in [0, 0.05) is 35.0 Å². The number of anilines is 2. The van der Waals surface area contributed by atoms with Gasteiger partial charge in [0.15, 0.2) is 0 Å². The molecule has 120 valence electrons. The van der Waals surface area contributed by atoms with E-state index in [1.54, 1.807) is 6.07 Å². The number of nitro groups is 1. The van der Waals surface area contributed by atoms with Gasteiger partial charge in [0.25, 0.3) is 5.69 Å². The van der Waals surface area contributed by atoms with Crippen LogP contribution < -0.4 is 10.6 Å². The third-order valence-corrected chi connectivity index (χ3v) is 4.98. The quantitative estimate of drug-likeness (QED) is 0.496. The molecule has 0 atom stereocenters. The Labute approximate surface area is 150 Å². The fourth-order valence-electron chi connectivity index (χ4n) is 2.72. The Balaban J connectivity index is 0.000000140.